The molecule has 0 bridgehead atoms. The van der Waals surface area contributed by atoms with E-state index in [1.807, 2.05) is 30.3 Å². The molecule has 1 nitrogen and oxygen atoms in total. The number of carbonyl (C=O) groups is 1. The Balaban J connectivity index is 2.06. The van der Waals surface area contributed by atoms with E-state index in [9.17, 15) is 4.79 Å². The Hall–Kier alpha value is -1.11. The van der Waals surface area contributed by atoms with Gasteiger partial charge in [-0.15, -0.1) is 0 Å². The lowest BCUT2D eigenvalue weighted by Crippen LogP contribution is -2.28. The average molecular weight is 174 g/mol. The summed E-state index contributed by atoms with van der Waals surface area (Å²) in [6.45, 7) is 2.20. The molecule has 1 aliphatic carbocycles. The molecule has 1 fully saturated rings. The second kappa shape index (κ2) is 3.33. The number of rotatable bonds is 2. The topological polar surface area (TPSA) is 17.1 Å². The van der Waals surface area contributed by atoms with E-state index in [1.165, 1.54) is 0 Å². The summed E-state index contributed by atoms with van der Waals surface area (Å²) in [5.41, 5.74) is 0.874. The lowest BCUT2D eigenvalue weighted by atomic mass is 9.72. The highest BCUT2D eigenvalue weighted by Gasteiger charge is 2.31. The second-order valence-electron chi connectivity index (χ2n) is 4.00. The summed E-state index contributed by atoms with van der Waals surface area (Å²) in [6, 6.07) is 9.61. The summed E-state index contributed by atoms with van der Waals surface area (Å²) < 4.78 is 0. The van der Waals surface area contributed by atoms with E-state index >= 15 is 0 Å². The normalized spacial score (nSPS) is 26.5. The van der Waals surface area contributed by atoms with Crippen LogP contribution in [0.2, 0.25) is 0 Å². The van der Waals surface area contributed by atoms with Crippen molar-refractivity contribution in [2.45, 2.75) is 19.8 Å². The molecule has 1 aromatic carbocycles. The van der Waals surface area contributed by atoms with E-state index in [0.29, 0.717) is 11.7 Å². The second-order valence-corrected chi connectivity index (χ2v) is 4.00. The van der Waals surface area contributed by atoms with Gasteiger partial charge < -0.3 is 0 Å². The fraction of sp³-hybridized carbons (Fsp3) is 0.417. The van der Waals surface area contributed by atoms with Crippen LogP contribution in [0.25, 0.3) is 0 Å². The lowest BCUT2D eigenvalue weighted by Gasteiger charge is -2.31. The van der Waals surface area contributed by atoms with Gasteiger partial charge >= 0.3 is 0 Å². The van der Waals surface area contributed by atoms with Crippen LogP contribution >= 0.6 is 0 Å². The molecule has 13 heavy (non-hydrogen) atoms. The molecule has 0 saturated heterocycles. The molecule has 0 heterocycles. The van der Waals surface area contributed by atoms with Gasteiger partial charge in [-0.1, -0.05) is 37.3 Å². The van der Waals surface area contributed by atoms with Crippen LogP contribution in [0.1, 0.15) is 30.1 Å². The molecule has 2 rings (SSSR count). The zero-order chi connectivity index (χ0) is 9.26. The first-order valence-corrected chi connectivity index (χ1v) is 4.86. The maximum absolute atomic E-state index is 11.8. The van der Waals surface area contributed by atoms with Gasteiger partial charge in [0, 0.05) is 11.5 Å². The fourth-order valence-corrected chi connectivity index (χ4v) is 1.95. The number of hydrogen-bond acceptors (Lipinski definition) is 1. The van der Waals surface area contributed by atoms with Crippen molar-refractivity contribution in [1.29, 1.82) is 0 Å². The molecule has 0 spiro atoms. The van der Waals surface area contributed by atoms with Gasteiger partial charge in [0.05, 0.1) is 0 Å². The first-order valence-electron chi connectivity index (χ1n) is 4.86. The predicted molar refractivity (Wildman–Crippen MR) is 52.7 cm³/mol. The number of carbonyl (C=O) groups excluding carboxylic acids is 1. The summed E-state index contributed by atoms with van der Waals surface area (Å²) >= 11 is 0. The van der Waals surface area contributed by atoms with Gasteiger partial charge in [0.2, 0.25) is 0 Å². The Labute approximate surface area is 78.8 Å². The molecular weight excluding hydrogens is 160 g/mol. The SMILES string of the molecule is CC1CC(C(=O)c2ccccc2)C1. The number of ketones is 1. The van der Waals surface area contributed by atoms with E-state index in [1.54, 1.807) is 0 Å². The van der Waals surface area contributed by atoms with E-state index in [4.69, 9.17) is 0 Å². The van der Waals surface area contributed by atoms with Crippen molar-refractivity contribution < 1.29 is 4.79 Å². The van der Waals surface area contributed by atoms with Crippen molar-refractivity contribution >= 4 is 5.78 Å². The summed E-state index contributed by atoms with van der Waals surface area (Å²) in [6.07, 6.45) is 2.15. The van der Waals surface area contributed by atoms with Crippen molar-refractivity contribution in [1.82, 2.24) is 0 Å². The summed E-state index contributed by atoms with van der Waals surface area (Å²) in [5, 5.41) is 0. The Morgan fingerprint density at radius 2 is 1.85 bits per heavy atom. The predicted octanol–water partition coefficient (Wildman–Crippen LogP) is 2.92. The zero-order valence-corrected chi connectivity index (χ0v) is 7.86. The third kappa shape index (κ3) is 1.64. The molecule has 0 amide bonds. The molecule has 0 aromatic heterocycles. The number of benzene rings is 1. The van der Waals surface area contributed by atoms with Crippen molar-refractivity contribution in [3.63, 3.8) is 0 Å². The highest BCUT2D eigenvalue weighted by Crippen LogP contribution is 2.35. The summed E-state index contributed by atoms with van der Waals surface area (Å²) in [7, 11) is 0. The smallest absolute Gasteiger partial charge is 0.165 e. The van der Waals surface area contributed by atoms with Gasteiger partial charge in [0.25, 0.3) is 0 Å². The third-order valence-corrected chi connectivity index (χ3v) is 2.80. The maximum Gasteiger partial charge on any atom is 0.165 e. The molecular formula is C12H14O. The average Bonchev–Trinajstić information content (AvgIpc) is 2.13. The van der Waals surface area contributed by atoms with Gasteiger partial charge in [-0.2, -0.15) is 0 Å². The highest BCUT2D eigenvalue weighted by atomic mass is 16.1. The monoisotopic (exact) mass is 174 g/mol. The molecule has 0 aliphatic heterocycles. The van der Waals surface area contributed by atoms with E-state index in [2.05, 4.69) is 6.92 Å². The van der Waals surface area contributed by atoms with Crippen molar-refractivity contribution in [2.24, 2.45) is 11.8 Å². The van der Waals surface area contributed by atoms with Crippen LogP contribution in [-0.4, -0.2) is 5.78 Å². The molecule has 1 aromatic rings. The van der Waals surface area contributed by atoms with E-state index in [0.717, 1.165) is 24.3 Å². The van der Waals surface area contributed by atoms with E-state index in [-0.39, 0.29) is 0 Å². The molecule has 0 radical (unpaired) electrons. The Kier molecular flexibility index (Phi) is 2.17. The first kappa shape index (κ1) is 8.49. The molecule has 0 N–H and O–H groups in total. The van der Waals surface area contributed by atoms with Crippen LogP contribution in [0.5, 0.6) is 0 Å². The van der Waals surface area contributed by atoms with Crippen LogP contribution in [0.3, 0.4) is 0 Å². The van der Waals surface area contributed by atoms with E-state index < -0.39 is 0 Å². The number of Topliss-reactive ketones (excluding diaryl/α,β-unsaturated/α-hetero) is 1. The Morgan fingerprint density at radius 3 is 2.38 bits per heavy atom. The van der Waals surface area contributed by atoms with Crippen molar-refractivity contribution in [2.75, 3.05) is 0 Å². The lowest BCUT2D eigenvalue weighted by molar-refractivity contribution is 0.0792. The Bertz CT molecular complexity index is 296. The largest absolute Gasteiger partial charge is 0.294 e. The van der Waals surface area contributed by atoms with Crippen molar-refractivity contribution in [3.8, 4) is 0 Å². The van der Waals surface area contributed by atoms with Crippen molar-refractivity contribution in [3.05, 3.63) is 35.9 Å². The molecule has 68 valence electrons. The maximum atomic E-state index is 11.8. The Morgan fingerprint density at radius 1 is 1.23 bits per heavy atom. The molecule has 1 heteroatoms. The van der Waals surface area contributed by atoms with Gasteiger partial charge in [-0.25, -0.2) is 0 Å². The molecule has 0 unspecified atom stereocenters. The molecule has 0 atom stereocenters. The van der Waals surface area contributed by atoms with Gasteiger partial charge in [-0.05, 0) is 18.8 Å². The van der Waals surface area contributed by atoms with Gasteiger partial charge in [0.15, 0.2) is 5.78 Å². The van der Waals surface area contributed by atoms with Crippen LogP contribution in [0.4, 0.5) is 0 Å². The van der Waals surface area contributed by atoms with Crippen LogP contribution < -0.4 is 0 Å². The quantitative estimate of drug-likeness (QED) is 0.630. The third-order valence-electron chi connectivity index (χ3n) is 2.80. The first-order chi connectivity index (χ1) is 6.27. The summed E-state index contributed by atoms with van der Waals surface area (Å²) in [5.74, 6) is 1.38. The minimum atomic E-state index is 0.303. The molecule has 1 aliphatic rings. The highest BCUT2D eigenvalue weighted by molar-refractivity contribution is 5.98. The van der Waals surface area contributed by atoms with Crippen LogP contribution in [0.15, 0.2) is 30.3 Å². The van der Waals surface area contributed by atoms with Crippen LogP contribution in [-0.2, 0) is 0 Å². The standard InChI is InChI=1S/C12H14O/c1-9-7-11(8-9)12(13)10-5-3-2-4-6-10/h2-6,9,11H,7-8H2,1H3. The minimum Gasteiger partial charge on any atom is -0.294 e. The zero-order valence-electron chi connectivity index (χ0n) is 7.86. The molecule has 1 saturated carbocycles. The minimum absolute atomic E-state index is 0.303. The fourth-order valence-electron chi connectivity index (χ4n) is 1.95. The van der Waals surface area contributed by atoms with Crippen LogP contribution in [0, 0.1) is 11.8 Å². The summed E-state index contributed by atoms with van der Waals surface area (Å²) in [4.78, 5) is 11.8. The number of hydrogen-bond donors (Lipinski definition) is 0. The van der Waals surface area contributed by atoms with Gasteiger partial charge in [-0.3, -0.25) is 4.79 Å². The van der Waals surface area contributed by atoms with Gasteiger partial charge in [0.1, 0.15) is 0 Å².